The van der Waals surface area contributed by atoms with E-state index in [-0.39, 0.29) is 0 Å². The van der Waals surface area contributed by atoms with Gasteiger partial charge in [0.2, 0.25) is 0 Å². The normalized spacial score (nSPS) is 31.5. The van der Waals surface area contributed by atoms with E-state index in [2.05, 4.69) is 23.6 Å². The van der Waals surface area contributed by atoms with E-state index >= 15 is 0 Å². The number of hydrogen-bond donors (Lipinski definition) is 0. The molecule has 0 aromatic rings. The first-order chi connectivity index (χ1) is 9.62. The summed E-state index contributed by atoms with van der Waals surface area (Å²) in [5.74, 6) is 1.04. The topological polar surface area (TPSA) is 15.7 Å². The minimum atomic E-state index is 0.591. The maximum absolute atomic E-state index is 5.47. The molecule has 2 saturated heterocycles. The number of nitrogens with zero attached hydrogens (tertiary/aromatic N) is 2. The van der Waals surface area contributed by atoms with E-state index in [1.165, 1.54) is 58.3 Å². The van der Waals surface area contributed by atoms with Crippen molar-refractivity contribution < 1.29 is 4.74 Å². The van der Waals surface area contributed by atoms with Gasteiger partial charge >= 0.3 is 0 Å². The van der Waals surface area contributed by atoms with E-state index in [1.807, 2.05) is 7.11 Å². The highest BCUT2D eigenvalue weighted by atomic mass is 16.5. The summed E-state index contributed by atoms with van der Waals surface area (Å²) in [4.78, 5) is 5.42. The van der Waals surface area contributed by atoms with Gasteiger partial charge in [0, 0.05) is 32.3 Å². The van der Waals surface area contributed by atoms with Crippen molar-refractivity contribution in [3.63, 3.8) is 0 Å². The van der Waals surface area contributed by atoms with Gasteiger partial charge in [0.05, 0.1) is 6.61 Å². The maximum Gasteiger partial charge on any atom is 0.0618 e. The summed E-state index contributed by atoms with van der Waals surface area (Å²) in [6, 6.07) is 1.30. The van der Waals surface area contributed by atoms with Gasteiger partial charge in [0.15, 0.2) is 0 Å². The lowest BCUT2D eigenvalue weighted by molar-refractivity contribution is 0.0922. The lowest BCUT2D eigenvalue weighted by Crippen LogP contribution is -2.43. The molecule has 0 N–H and O–H groups in total. The van der Waals surface area contributed by atoms with Gasteiger partial charge in [-0.3, -0.25) is 4.90 Å². The number of piperidine rings is 1. The Morgan fingerprint density at radius 1 is 1.20 bits per heavy atom. The molecular weight excluding hydrogens is 248 g/mol. The molecule has 0 bridgehead atoms. The number of hydrogen-bond acceptors (Lipinski definition) is 3. The van der Waals surface area contributed by atoms with Gasteiger partial charge in [0.25, 0.3) is 0 Å². The molecule has 0 amide bonds. The largest absolute Gasteiger partial charge is 0.383 e. The van der Waals surface area contributed by atoms with Crippen LogP contribution in [0.5, 0.6) is 0 Å². The first-order valence-corrected chi connectivity index (χ1v) is 8.59. The first-order valence-electron chi connectivity index (χ1n) is 8.59. The zero-order valence-electron chi connectivity index (χ0n) is 13.6. The molecule has 3 heteroatoms. The number of ether oxygens (including phenoxy) is 1. The Balaban J connectivity index is 1.56. The quantitative estimate of drug-likeness (QED) is 0.770. The van der Waals surface area contributed by atoms with Crippen molar-refractivity contribution in [2.24, 2.45) is 11.3 Å². The predicted octanol–water partition coefficient (Wildman–Crippen LogP) is 2.61. The SMILES string of the molecule is COC[C@@H]1CC2(CCN(CC3CC3)CC2)CN1C(C)C. The molecule has 1 atom stereocenters. The summed E-state index contributed by atoms with van der Waals surface area (Å²) < 4.78 is 5.47. The zero-order chi connectivity index (χ0) is 14.2. The fourth-order valence-corrected chi connectivity index (χ4v) is 4.39. The summed E-state index contributed by atoms with van der Waals surface area (Å²) in [5, 5.41) is 0. The number of likely N-dealkylation sites (tertiary alicyclic amines) is 2. The molecule has 1 saturated carbocycles. The van der Waals surface area contributed by atoms with E-state index in [4.69, 9.17) is 4.74 Å². The van der Waals surface area contributed by atoms with Crippen molar-refractivity contribution in [1.29, 1.82) is 0 Å². The van der Waals surface area contributed by atoms with Crippen molar-refractivity contribution >= 4 is 0 Å². The van der Waals surface area contributed by atoms with Crippen LogP contribution in [-0.2, 0) is 4.74 Å². The zero-order valence-corrected chi connectivity index (χ0v) is 13.6. The van der Waals surface area contributed by atoms with Gasteiger partial charge in [-0.25, -0.2) is 0 Å². The molecule has 2 aliphatic heterocycles. The van der Waals surface area contributed by atoms with Gasteiger partial charge in [-0.05, 0) is 70.4 Å². The van der Waals surface area contributed by atoms with Gasteiger partial charge in [-0.2, -0.15) is 0 Å². The Bertz CT molecular complexity index is 319. The molecule has 0 aromatic heterocycles. The van der Waals surface area contributed by atoms with Crippen LogP contribution in [0, 0.1) is 11.3 Å². The Hall–Kier alpha value is -0.120. The predicted molar refractivity (Wildman–Crippen MR) is 83.0 cm³/mol. The second kappa shape index (κ2) is 5.94. The van der Waals surface area contributed by atoms with E-state index in [9.17, 15) is 0 Å². The fraction of sp³-hybridized carbons (Fsp3) is 1.00. The Labute approximate surface area is 124 Å². The van der Waals surface area contributed by atoms with Crippen molar-refractivity contribution in [2.75, 3.05) is 39.9 Å². The van der Waals surface area contributed by atoms with E-state index in [0.29, 0.717) is 17.5 Å². The molecule has 3 nitrogen and oxygen atoms in total. The first kappa shape index (κ1) is 14.8. The second-order valence-electron chi connectivity index (χ2n) is 7.82. The summed E-state index contributed by atoms with van der Waals surface area (Å²) in [5.41, 5.74) is 0.591. The monoisotopic (exact) mass is 280 g/mol. The van der Waals surface area contributed by atoms with Crippen LogP contribution in [0.4, 0.5) is 0 Å². The van der Waals surface area contributed by atoms with Crippen molar-refractivity contribution in [2.45, 2.75) is 58.0 Å². The average molecular weight is 280 g/mol. The molecule has 1 aliphatic carbocycles. The Morgan fingerprint density at radius 2 is 1.90 bits per heavy atom. The second-order valence-corrected chi connectivity index (χ2v) is 7.82. The highest BCUT2D eigenvalue weighted by Crippen LogP contribution is 2.44. The van der Waals surface area contributed by atoms with Crippen LogP contribution in [0.2, 0.25) is 0 Å². The molecule has 1 spiro atoms. The fourth-order valence-electron chi connectivity index (χ4n) is 4.39. The third-order valence-corrected chi connectivity index (χ3v) is 5.81. The van der Waals surface area contributed by atoms with Crippen LogP contribution in [-0.4, -0.2) is 61.8 Å². The van der Waals surface area contributed by atoms with Gasteiger partial charge in [-0.15, -0.1) is 0 Å². The molecule has 0 aromatic carbocycles. The van der Waals surface area contributed by atoms with Crippen LogP contribution in [0.3, 0.4) is 0 Å². The highest BCUT2D eigenvalue weighted by molar-refractivity contribution is 4.99. The van der Waals surface area contributed by atoms with E-state index in [1.54, 1.807) is 0 Å². The third kappa shape index (κ3) is 3.20. The molecule has 2 heterocycles. The van der Waals surface area contributed by atoms with Gasteiger partial charge in [-0.1, -0.05) is 0 Å². The molecular formula is C17H32N2O. The highest BCUT2D eigenvalue weighted by Gasteiger charge is 2.46. The molecule has 116 valence electrons. The Kier molecular flexibility index (Phi) is 4.40. The summed E-state index contributed by atoms with van der Waals surface area (Å²) in [6.45, 7) is 10.9. The molecule has 3 fully saturated rings. The van der Waals surface area contributed by atoms with E-state index < -0.39 is 0 Å². The minimum Gasteiger partial charge on any atom is -0.383 e. The lowest BCUT2D eigenvalue weighted by atomic mass is 9.76. The third-order valence-electron chi connectivity index (χ3n) is 5.81. The van der Waals surface area contributed by atoms with Gasteiger partial charge < -0.3 is 9.64 Å². The van der Waals surface area contributed by atoms with Crippen LogP contribution in [0.1, 0.15) is 46.0 Å². The van der Waals surface area contributed by atoms with Gasteiger partial charge in [0.1, 0.15) is 0 Å². The van der Waals surface area contributed by atoms with Crippen LogP contribution < -0.4 is 0 Å². The standard InChI is InChI=1S/C17H32N2O/c1-14(2)19-13-17(10-16(19)12-20-3)6-8-18(9-7-17)11-15-4-5-15/h14-16H,4-13H2,1-3H3/t16-/m0/s1. The van der Waals surface area contributed by atoms with Crippen molar-refractivity contribution in [3.05, 3.63) is 0 Å². The average Bonchev–Trinajstić information content (AvgIpc) is 3.16. The molecule has 20 heavy (non-hydrogen) atoms. The van der Waals surface area contributed by atoms with E-state index in [0.717, 1.165) is 12.5 Å². The smallest absolute Gasteiger partial charge is 0.0618 e. The summed E-state index contributed by atoms with van der Waals surface area (Å²) in [7, 11) is 1.85. The molecule has 0 radical (unpaired) electrons. The number of rotatable bonds is 5. The summed E-state index contributed by atoms with van der Waals surface area (Å²) in [6.07, 6.45) is 7.14. The molecule has 3 aliphatic rings. The minimum absolute atomic E-state index is 0.591. The molecule has 0 unspecified atom stereocenters. The van der Waals surface area contributed by atoms with Crippen LogP contribution in [0.25, 0.3) is 0 Å². The van der Waals surface area contributed by atoms with Crippen molar-refractivity contribution in [1.82, 2.24) is 9.80 Å². The summed E-state index contributed by atoms with van der Waals surface area (Å²) >= 11 is 0. The van der Waals surface area contributed by atoms with Crippen molar-refractivity contribution in [3.8, 4) is 0 Å². The maximum atomic E-state index is 5.47. The lowest BCUT2D eigenvalue weighted by Gasteiger charge is -2.39. The number of methoxy groups -OCH3 is 1. The molecule has 3 rings (SSSR count). The van der Waals surface area contributed by atoms with Crippen LogP contribution in [0.15, 0.2) is 0 Å². The Morgan fingerprint density at radius 3 is 2.45 bits per heavy atom. The van der Waals surface area contributed by atoms with Crippen LogP contribution >= 0.6 is 0 Å².